The molecule has 1 aliphatic carbocycles. The predicted octanol–water partition coefficient (Wildman–Crippen LogP) is 3.31. The summed E-state index contributed by atoms with van der Waals surface area (Å²) in [5, 5.41) is 5.95. The monoisotopic (exact) mass is 391 g/mol. The lowest BCUT2D eigenvalue weighted by atomic mass is 10.2. The topological polar surface area (TPSA) is 85.5 Å². The number of carbonyl (C=O) groups excluding carboxylic acids is 2. The van der Waals surface area contributed by atoms with Gasteiger partial charge in [-0.15, -0.1) is 11.3 Å². The van der Waals surface area contributed by atoms with Crippen LogP contribution in [0.3, 0.4) is 0 Å². The number of nitrogens with zero attached hydrogens (tertiary/aromatic N) is 3. The van der Waals surface area contributed by atoms with Crippen molar-refractivity contribution in [3.63, 3.8) is 0 Å². The van der Waals surface area contributed by atoms with Gasteiger partial charge in [0, 0.05) is 25.9 Å². The average Bonchev–Trinajstić information content (AvgIpc) is 3.11. The Bertz CT molecular complexity index is 740. The van der Waals surface area contributed by atoms with E-state index in [-0.39, 0.29) is 18.3 Å². The van der Waals surface area contributed by atoms with Crippen molar-refractivity contribution in [3.05, 3.63) is 23.4 Å². The summed E-state index contributed by atoms with van der Waals surface area (Å²) in [6, 6.07) is 3.89. The number of thiophene rings is 1. The van der Waals surface area contributed by atoms with Crippen LogP contribution in [0.2, 0.25) is 0 Å². The van der Waals surface area contributed by atoms with E-state index in [4.69, 9.17) is 9.26 Å². The lowest BCUT2D eigenvalue weighted by molar-refractivity contribution is -0.144. The highest BCUT2D eigenvalue weighted by molar-refractivity contribution is 7.13. The van der Waals surface area contributed by atoms with Crippen LogP contribution in [-0.2, 0) is 20.7 Å². The van der Waals surface area contributed by atoms with Crippen molar-refractivity contribution < 1.29 is 18.8 Å². The number of hydrogen-bond donors (Lipinski definition) is 0. The Morgan fingerprint density at radius 3 is 2.93 bits per heavy atom. The standard InChI is InChI=1S/C19H25N3O4S/c1-2-25-18(24)10-11-22(13-14-8-9-14)17(23)7-3-6-16-20-19(21-26-16)15-5-4-12-27-15/h4-5,12,14H,2-3,6-11,13H2,1H3. The van der Waals surface area contributed by atoms with Crippen LogP contribution in [0.5, 0.6) is 0 Å². The first-order valence-corrected chi connectivity index (χ1v) is 10.3. The van der Waals surface area contributed by atoms with Crippen LogP contribution < -0.4 is 0 Å². The van der Waals surface area contributed by atoms with Gasteiger partial charge in [-0.1, -0.05) is 11.2 Å². The molecule has 0 aliphatic heterocycles. The fourth-order valence-electron chi connectivity index (χ4n) is 2.80. The van der Waals surface area contributed by atoms with E-state index in [9.17, 15) is 9.59 Å². The molecule has 0 spiro atoms. The summed E-state index contributed by atoms with van der Waals surface area (Å²) >= 11 is 1.56. The van der Waals surface area contributed by atoms with Crippen molar-refractivity contribution in [3.8, 4) is 10.7 Å². The van der Waals surface area contributed by atoms with Crippen molar-refractivity contribution in [2.75, 3.05) is 19.7 Å². The number of carbonyl (C=O) groups is 2. The molecule has 0 unspecified atom stereocenters. The van der Waals surface area contributed by atoms with Gasteiger partial charge in [0.15, 0.2) is 0 Å². The molecular formula is C19H25N3O4S. The van der Waals surface area contributed by atoms with Gasteiger partial charge in [0.05, 0.1) is 17.9 Å². The van der Waals surface area contributed by atoms with E-state index >= 15 is 0 Å². The van der Waals surface area contributed by atoms with Crippen LogP contribution in [0.1, 0.15) is 44.9 Å². The van der Waals surface area contributed by atoms with E-state index in [1.54, 1.807) is 23.2 Å². The van der Waals surface area contributed by atoms with Crippen molar-refractivity contribution in [1.82, 2.24) is 15.0 Å². The summed E-state index contributed by atoms with van der Waals surface area (Å²) in [6.45, 7) is 3.32. The molecule has 7 nitrogen and oxygen atoms in total. The summed E-state index contributed by atoms with van der Waals surface area (Å²) in [5.41, 5.74) is 0. The third-order valence-corrected chi connectivity index (χ3v) is 5.28. The minimum Gasteiger partial charge on any atom is -0.466 e. The van der Waals surface area contributed by atoms with E-state index in [1.807, 2.05) is 17.5 Å². The highest BCUT2D eigenvalue weighted by Gasteiger charge is 2.27. The predicted molar refractivity (Wildman–Crippen MR) is 101 cm³/mol. The Kier molecular flexibility index (Phi) is 6.98. The van der Waals surface area contributed by atoms with Crippen LogP contribution in [-0.4, -0.2) is 46.6 Å². The van der Waals surface area contributed by atoms with Crippen LogP contribution in [0.15, 0.2) is 22.0 Å². The quantitative estimate of drug-likeness (QED) is 0.546. The van der Waals surface area contributed by atoms with E-state index in [1.165, 1.54) is 0 Å². The summed E-state index contributed by atoms with van der Waals surface area (Å²) in [4.78, 5) is 31.3. The van der Waals surface area contributed by atoms with Gasteiger partial charge in [-0.2, -0.15) is 4.98 Å². The third kappa shape index (κ3) is 6.16. The Hall–Kier alpha value is -2.22. The number of rotatable bonds is 11. The molecule has 2 heterocycles. The molecule has 1 fully saturated rings. The van der Waals surface area contributed by atoms with Crippen LogP contribution in [0, 0.1) is 5.92 Å². The van der Waals surface area contributed by atoms with Crippen molar-refractivity contribution in [2.45, 2.75) is 45.4 Å². The fraction of sp³-hybridized carbons (Fsp3) is 0.579. The molecule has 8 heteroatoms. The summed E-state index contributed by atoms with van der Waals surface area (Å²) in [6.07, 6.45) is 4.20. The minimum atomic E-state index is -0.252. The highest BCUT2D eigenvalue weighted by atomic mass is 32.1. The Morgan fingerprint density at radius 2 is 2.22 bits per heavy atom. The first-order valence-electron chi connectivity index (χ1n) is 9.45. The lowest BCUT2D eigenvalue weighted by Crippen LogP contribution is -2.35. The summed E-state index contributed by atoms with van der Waals surface area (Å²) in [5.74, 6) is 1.55. The smallest absolute Gasteiger partial charge is 0.307 e. The maximum atomic E-state index is 12.6. The van der Waals surface area contributed by atoms with Crippen molar-refractivity contribution in [1.29, 1.82) is 0 Å². The molecule has 0 radical (unpaired) electrons. The molecule has 2 aromatic rings. The summed E-state index contributed by atoms with van der Waals surface area (Å²) < 4.78 is 10.2. The molecule has 0 aromatic carbocycles. The van der Waals surface area contributed by atoms with E-state index in [0.717, 1.165) is 24.3 Å². The zero-order valence-corrected chi connectivity index (χ0v) is 16.4. The molecule has 27 heavy (non-hydrogen) atoms. The number of esters is 1. The van der Waals surface area contributed by atoms with Gasteiger partial charge < -0.3 is 14.2 Å². The molecule has 146 valence electrons. The van der Waals surface area contributed by atoms with Crippen molar-refractivity contribution >= 4 is 23.2 Å². The zero-order valence-electron chi connectivity index (χ0n) is 15.6. The van der Waals surface area contributed by atoms with Gasteiger partial charge in [-0.3, -0.25) is 9.59 Å². The molecule has 0 saturated heterocycles. The second-order valence-electron chi connectivity index (χ2n) is 6.68. The number of hydrogen-bond acceptors (Lipinski definition) is 7. The Morgan fingerprint density at radius 1 is 1.37 bits per heavy atom. The molecule has 0 bridgehead atoms. The molecule has 1 aliphatic rings. The number of ether oxygens (including phenoxy) is 1. The molecule has 3 rings (SSSR count). The van der Waals surface area contributed by atoms with Gasteiger partial charge in [-0.05, 0) is 43.6 Å². The van der Waals surface area contributed by atoms with Gasteiger partial charge >= 0.3 is 5.97 Å². The second kappa shape index (κ2) is 9.64. The van der Waals surface area contributed by atoms with Crippen LogP contribution >= 0.6 is 11.3 Å². The Balaban J connectivity index is 1.44. The lowest BCUT2D eigenvalue weighted by Gasteiger charge is -2.22. The number of aromatic nitrogens is 2. The van der Waals surface area contributed by atoms with Gasteiger partial charge in [0.2, 0.25) is 17.6 Å². The molecule has 0 N–H and O–H groups in total. The molecular weight excluding hydrogens is 366 g/mol. The second-order valence-corrected chi connectivity index (χ2v) is 7.63. The molecule has 2 aromatic heterocycles. The first kappa shape index (κ1) is 19.5. The highest BCUT2D eigenvalue weighted by Crippen LogP contribution is 2.30. The van der Waals surface area contributed by atoms with E-state index in [0.29, 0.717) is 50.0 Å². The van der Waals surface area contributed by atoms with Gasteiger partial charge in [-0.25, -0.2) is 0 Å². The first-order chi connectivity index (χ1) is 13.2. The minimum absolute atomic E-state index is 0.0733. The fourth-order valence-corrected chi connectivity index (χ4v) is 3.45. The zero-order chi connectivity index (χ0) is 19.1. The largest absolute Gasteiger partial charge is 0.466 e. The average molecular weight is 391 g/mol. The number of aryl methyl sites for hydroxylation is 1. The van der Waals surface area contributed by atoms with Gasteiger partial charge in [0.1, 0.15) is 0 Å². The maximum Gasteiger partial charge on any atom is 0.307 e. The molecule has 1 saturated carbocycles. The third-order valence-electron chi connectivity index (χ3n) is 4.41. The summed E-state index contributed by atoms with van der Waals surface area (Å²) in [7, 11) is 0. The maximum absolute atomic E-state index is 12.6. The van der Waals surface area contributed by atoms with E-state index in [2.05, 4.69) is 10.1 Å². The van der Waals surface area contributed by atoms with Gasteiger partial charge in [0.25, 0.3) is 0 Å². The molecule has 1 amide bonds. The number of amides is 1. The normalized spacial score (nSPS) is 13.5. The Labute approximate surface area is 162 Å². The van der Waals surface area contributed by atoms with Crippen LogP contribution in [0.4, 0.5) is 0 Å². The molecule has 0 atom stereocenters. The van der Waals surface area contributed by atoms with Crippen LogP contribution in [0.25, 0.3) is 10.7 Å². The SMILES string of the molecule is CCOC(=O)CCN(CC1CC1)C(=O)CCCc1nc(-c2cccs2)no1. The van der Waals surface area contributed by atoms with E-state index < -0.39 is 0 Å². The van der Waals surface area contributed by atoms with Crippen molar-refractivity contribution in [2.24, 2.45) is 5.92 Å².